The van der Waals surface area contributed by atoms with Gasteiger partial charge in [-0.25, -0.2) is 4.79 Å². The molecule has 2 N–H and O–H groups in total. The first-order valence-corrected chi connectivity index (χ1v) is 11.9. The van der Waals surface area contributed by atoms with Crippen molar-refractivity contribution < 1.29 is 14.0 Å². The van der Waals surface area contributed by atoms with Crippen LogP contribution in [-0.2, 0) is 16.6 Å². The zero-order chi connectivity index (χ0) is 24.7. The monoisotopic (exact) mass is 477 g/mol. The molecule has 0 unspecified atom stereocenters. The number of aromatic nitrogens is 1. The van der Waals surface area contributed by atoms with Crippen LogP contribution in [-0.4, -0.2) is 64.9 Å². The number of benzene rings is 2. The third-order valence-electron chi connectivity index (χ3n) is 7.37. The molecule has 9 heteroatoms. The van der Waals surface area contributed by atoms with Gasteiger partial charge >= 0.3 is 5.76 Å². The Balaban J connectivity index is 1.31. The molecule has 2 aliphatic rings. The van der Waals surface area contributed by atoms with Gasteiger partial charge in [-0.15, -0.1) is 0 Å². The number of carbonyl (C=O) groups is 2. The van der Waals surface area contributed by atoms with Crippen LogP contribution >= 0.6 is 0 Å². The van der Waals surface area contributed by atoms with E-state index >= 15 is 0 Å². The molecule has 2 amide bonds. The summed E-state index contributed by atoms with van der Waals surface area (Å²) in [5.74, 6) is -0.391. The second kappa shape index (κ2) is 8.98. The standard InChI is InChI=1S/C26H31N5O4/c1-17(32)28-26-15-29(2)24(18-7-5-4-6-8-18)20(26)11-12-31(16-26)14-23(33)27-19-9-10-21-22(13-19)35-25(34)30(21)3/h4-10,13,20,24H,11-12,14-16H2,1-3H3,(H,27,33)(H,28,32)/t20-,24-,26+/m1/s1. The van der Waals surface area contributed by atoms with E-state index in [1.807, 2.05) is 6.07 Å². The summed E-state index contributed by atoms with van der Waals surface area (Å²) in [6.07, 6.45) is 0.874. The number of carbonyl (C=O) groups excluding carboxylic acids is 2. The summed E-state index contributed by atoms with van der Waals surface area (Å²) in [5.41, 5.74) is 2.51. The highest BCUT2D eigenvalue weighted by molar-refractivity contribution is 5.94. The summed E-state index contributed by atoms with van der Waals surface area (Å²) in [4.78, 5) is 41.3. The number of hydrogen-bond donors (Lipinski definition) is 2. The summed E-state index contributed by atoms with van der Waals surface area (Å²) in [6, 6.07) is 15.8. The molecule has 3 atom stereocenters. The van der Waals surface area contributed by atoms with Gasteiger partial charge in [-0.2, -0.15) is 0 Å². The third kappa shape index (κ3) is 4.37. The molecule has 0 saturated carbocycles. The smallest absolute Gasteiger partial charge is 0.408 e. The fraction of sp³-hybridized carbons (Fsp3) is 0.423. The minimum Gasteiger partial charge on any atom is -0.408 e. The zero-order valence-electron chi connectivity index (χ0n) is 20.3. The Labute approximate surface area is 203 Å². The van der Waals surface area contributed by atoms with Gasteiger partial charge in [0.15, 0.2) is 5.58 Å². The lowest BCUT2D eigenvalue weighted by Crippen LogP contribution is -2.64. The molecule has 2 aromatic carbocycles. The topological polar surface area (TPSA) is 99.8 Å². The summed E-state index contributed by atoms with van der Waals surface area (Å²) >= 11 is 0. The second-order valence-electron chi connectivity index (χ2n) is 9.87. The first-order valence-electron chi connectivity index (χ1n) is 11.9. The van der Waals surface area contributed by atoms with Crippen molar-refractivity contribution in [3.8, 4) is 0 Å². The molecule has 0 aliphatic carbocycles. The quantitative estimate of drug-likeness (QED) is 0.583. The van der Waals surface area contributed by atoms with Crippen molar-refractivity contribution in [1.82, 2.24) is 19.7 Å². The van der Waals surface area contributed by atoms with Crippen LogP contribution in [0, 0.1) is 5.92 Å². The third-order valence-corrected chi connectivity index (χ3v) is 7.37. The number of nitrogens with one attached hydrogen (secondary N) is 2. The zero-order valence-corrected chi connectivity index (χ0v) is 20.3. The van der Waals surface area contributed by atoms with E-state index in [4.69, 9.17) is 4.42 Å². The number of amides is 2. The number of nitrogens with zero attached hydrogens (tertiary/aromatic N) is 3. The maximum atomic E-state index is 12.9. The number of likely N-dealkylation sites (N-methyl/N-ethyl adjacent to an activating group) is 1. The van der Waals surface area contributed by atoms with Crippen LogP contribution in [0.15, 0.2) is 57.7 Å². The molecule has 0 radical (unpaired) electrons. The number of likely N-dealkylation sites (tertiary alicyclic amines) is 2. The number of fused-ring (bicyclic) bond motifs is 2. The summed E-state index contributed by atoms with van der Waals surface area (Å²) in [7, 11) is 3.75. The molecule has 3 heterocycles. The van der Waals surface area contributed by atoms with Crippen molar-refractivity contribution in [3.05, 3.63) is 64.6 Å². The first kappa shape index (κ1) is 23.3. The Morgan fingerprint density at radius 3 is 2.63 bits per heavy atom. The summed E-state index contributed by atoms with van der Waals surface area (Å²) in [6.45, 7) is 3.86. The van der Waals surface area contributed by atoms with Gasteiger partial charge in [0, 0.05) is 50.8 Å². The normalized spacial score (nSPS) is 24.9. The van der Waals surface area contributed by atoms with E-state index in [9.17, 15) is 14.4 Å². The van der Waals surface area contributed by atoms with Gasteiger partial charge in [0.05, 0.1) is 17.6 Å². The van der Waals surface area contributed by atoms with Gasteiger partial charge in [0.2, 0.25) is 11.8 Å². The molecule has 35 heavy (non-hydrogen) atoms. The predicted molar refractivity (Wildman–Crippen MR) is 133 cm³/mol. The maximum Gasteiger partial charge on any atom is 0.419 e. The fourth-order valence-corrected chi connectivity index (χ4v) is 6.08. The lowest BCUT2D eigenvalue weighted by atomic mass is 9.75. The Morgan fingerprint density at radius 2 is 1.89 bits per heavy atom. The number of aryl methyl sites for hydroxylation is 1. The van der Waals surface area contributed by atoms with Crippen LogP contribution in [0.1, 0.15) is 24.9 Å². The Morgan fingerprint density at radius 1 is 1.11 bits per heavy atom. The minimum absolute atomic E-state index is 0.0546. The van der Waals surface area contributed by atoms with Crippen LogP contribution in [0.5, 0.6) is 0 Å². The van der Waals surface area contributed by atoms with Crippen molar-refractivity contribution in [2.24, 2.45) is 13.0 Å². The molecule has 184 valence electrons. The molecule has 0 bridgehead atoms. The number of hydrogen-bond acceptors (Lipinski definition) is 6. The fourth-order valence-electron chi connectivity index (χ4n) is 6.08. The minimum atomic E-state index is -0.440. The molecular weight excluding hydrogens is 446 g/mol. The van der Waals surface area contributed by atoms with Crippen molar-refractivity contribution in [3.63, 3.8) is 0 Å². The van der Waals surface area contributed by atoms with Crippen LogP contribution in [0.25, 0.3) is 11.1 Å². The number of oxazole rings is 1. The molecular formula is C26H31N5O4. The highest BCUT2D eigenvalue weighted by Crippen LogP contribution is 2.46. The van der Waals surface area contributed by atoms with Gasteiger partial charge in [-0.1, -0.05) is 30.3 Å². The Hall–Kier alpha value is -3.43. The highest BCUT2D eigenvalue weighted by atomic mass is 16.4. The van der Waals surface area contributed by atoms with E-state index < -0.39 is 11.3 Å². The molecule has 2 fully saturated rings. The van der Waals surface area contributed by atoms with Crippen molar-refractivity contribution in [2.45, 2.75) is 24.9 Å². The van der Waals surface area contributed by atoms with Crippen LogP contribution < -0.4 is 16.4 Å². The Kier molecular flexibility index (Phi) is 5.98. The lowest BCUT2D eigenvalue weighted by Gasteiger charge is -2.45. The van der Waals surface area contributed by atoms with E-state index in [0.29, 0.717) is 23.3 Å². The van der Waals surface area contributed by atoms with Crippen LogP contribution in [0.2, 0.25) is 0 Å². The van der Waals surface area contributed by atoms with Gasteiger partial charge in [-0.3, -0.25) is 24.0 Å². The van der Waals surface area contributed by atoms with E-state index in [2.05, 4.69) is 51.7 Å². The molecule has 9 nitrogen and oxygen atoms in total. The van der Waals surface area contributed by atoms with Gasteiger partial charge in [0.1, 0.15) is 0 Å². The van der Waals surface area contributed by atoms with E-state index in [1.54, 1.807) is 32.2 Å². The largest absolute Gasteiger partial charge is 0.419 e. The average molecular weight is 478 g/mol. The van der Waals surface area contributed by atoms with Crippen molar-refractivity contribution >= 4 is 28.6 Å². The van der Waals surface area contributed by atoms with Gasteiger partial charge in [-0.05, 0) is 37.7 Å². The van der Waals surface area contributed by atoms with E-state index in [0.717, 1.165) is 19.5 Å². The van der Waals surface area contributed by atoms with Gasteiger partial charge < -0.3 is 15.1 Å². The Bertz CT molecular complexity index is 1320. The lowest BCUT2D eigenvalue weighted by molar-refractivity contribution is -0.122. The van der Waals surface area contributed by atoms with E-state index in [-0.39, 0.29) is 30.3 Å². The predicted octanol–water partition coefficient (Wildman–Crippen LogP) is 1.95. The highest BCUT2D eigenvalue weighted by Gasteiger charge is 2.54. The number of rotatable bonds is 5. The number of piperidine rings is 1. The van der Waals surface area contributed by atoms with Crippen molar-refractivity contribution in [1.29, 1.82) is 0 Å². The number of anilines is 1. The SMILES string of the molecule is CC(=O)N[C@@]12CN(CC(=O)Nc3ccc4c(c3)oc(=O)n4C)CC[C@@H]1[C@@H](c1ccccc1)N(C)C2. The van der Waals surface area contributed by atoms with Gasteiger partial charge in [0.25, 0.3) is 0 Å². The molecule has 5 rings (SSSR count). The molecule has 3 aromatic rings. The molecule has 2 saturated heterocycles. The second-order valence-corrected chi connectivity index (χ2v) is 9.87. The van der Waals surface area contributed by atoms with Crippen LogP contribution in [0.3, 0.4) is 0 Å². The van der Waals surface area contributed by atoms with E-state index in [1.165, 1.54) is 10.1 Å². The molecule has 0 spiro atoms. The molecule has 1 aromatic heterocycles. The molecule has 2 aliphatic heterocycles. The maximum absolute atomic E-state index is 12.9. The summed E-state index contributed by atoms with van der Waals surface area (Å²) < 4.78 is 6.65. The summed E-state index contributed by atoms with van der Waals surface area (Å²) in [5, 5.41) is 6.19. The van der Waals surface area contributed by atoms with Crippen LogP contribution in [0.4, 0.5) is 5.69 Å². The average Bonchev–Trinajstić information content (AvgIpc) is 3.24. The van der Waals surface area contributed by atoms with Crippen molar-refractivity contribution in [2.75, 3.05) is 38.5 Å². The first-order chi connectivity index (χ1) is 16.8.